The monoisotopic (exact) mass is 756 g/mol. The molecule has 0 aliphatic carbocycles. The second-order valence-corrected chi connectivity index (χ2v) is 12.3. The molecule has 1 aliphatic rings. The van der Waals surface area contributed by atoms with Gasteiger partial charge in [0.05, 0.1) is 0 Å². The Morgan fingerprint density at radius 2 is 1.32 bits per heavy atom. The number of rotatable bonds is 4. The second kappa shape index (κ2) is 13.4. The standard InChI is InChI=1S/C29H33N2.C11H8N.Ir/c1-20-11-9-12-21(2)26(20)24-15-17-25(18-16-24)30-19-31(29(7,8)28(30,5)6)27-22(3)13-10-14-23(27)4;1-2-6-10(7-3-1)11-8-4-5-9-12-11;/h9-17H,1-8H3;1-6,8-9H;/q2*-1;+3. The minimum atomic E-state index is -0.168. The van der Waals surface area contributed by atoms with Crippen LogP contribution >= 0.6 is 0 Å². The quantitative estimate of drug-likeness (QED) is 0.135. The van der Waals surface area contributed by atoms with E-state index in [1.165, 1.54) is 39.1 Å². The Balaban J connectivity index is 0.000000284. The Morgan fingerprint density at radius 1 is 0.682 bits per heavy atom. The molecule has 1 aromatic heterocycles. The summed E-state index contributed by atoms with van der Waals surface area (Å²) >= 11 is 0. The van der Waals surface area contributed by atoms with Crippen LogP contribution < -0.4 is 4.90 Å². The van der Waals surface area contributed by atoms with Crippen LogP contribution in [-0.2, 0) is 20.1 Å². The van der Waals surface area contributed by atoms with E-state index in [-0.39, 0.29) is 31.2 Å². The number of hydrogen-bond acceptors (Lipinski definition) is 2. The van der Waals surface area contributed by atoms with Crippen LogP contribution in [0, 0.1) is 39.8 Å². The van der Waals surface area contributed by atoms with Gasteiger partial charge in [-0.1, -0.05) is 82.0 Å². The van der Waals surface area contributed by atoms with E-state index >= 15 is 0 Å². The summed E-state index contributed by atoms with van der Waals surface area (Å²) in [5, 5.41) is 0. The Labute approximate surface area is 277 Å². The van der Waals surface area contributed by atoms with Crippen LogP contribution in [0.2, 0.25) is 0 Å². The minimum absolute atomic E-state index is 0. The number of anilines is 1. The molecule has 0 radical (unpaired) electrons. The van der Waals surface area contributed by atoms with E-state index in [0.717, 1.165) is 16.9 Å². The number of hydrogen-bond donors (Lipinski definition) is 0. The van der Waals surface area contributed by atoms with Crippen LogP contribution in [-0.4, -0.2) is 27.0 Å². The van der Waals surface area contributed by atoms with Gasteiger partial charge in [0, 0.05) is 11.9 Å². The molecule has 0 saturated heterocycles. The molecule has 3 nitrogen and oxygen atoms in total. The molecule has 2 heterocycles. The van der Waals surface area contributed by atoms with Crippen LogP contribution in [0.4, 0.5) is 11.4 Å². The molecule has 0 fully saturated rings. The average molecular weight is 756 g/mol. The topological polar surface area (TPSA) is 19.1 Å². The Hall–Kier alpha value is -3.85. The van der Waals surface area contributed by atoms with Crippen molar-refractivity contribution in [2.45, 2.75) is 66.5 Å². The molecular weight excluding hydrogens is 715 g/mol. The first-order valence-corrected chi connectivity index (χ1v) is 14.9. The van der Waals surface area contributed by atoms with Gasteiger partial charge in [-0.2, -0.15) is 18.2 Å². The fourth-order valence-corrected chi connectivity index (χ4v) is 5.80. The molecule has 0 amide bonds. The fourth-order valence-electron chi connectivity index (χ4n) is 5.80. The molecule has 0 spiro atoms. The van der Waals surface area contributed by atoms with E-state index < -0.39 is 0 Å². The Morgan fingerprint density at radius 3 is 1.86 bits per heavy atom. The third-order valence-corrected chi connectivity index (χ3v) is 8.94. The van der Waals surface area contributed by atoms with Crippen molar-refractivity contribution in [2.75, 3.05) is 4.90 Å². The zero-order valence-electron chi connectivity index (χ0n) is 27.0. The van der Waals surface area contributed by atoms with Gasteiger partial charge >= 0.3 is 20.1 Å². The van der Waals surface area contributed by atoms with E-state index in [0.29, 0.717) is 0 Å². The third-order valence-electron chi connectivity index (χ3n) is 8.94. The van der Waals surface area contributed by atoms with Gasteiger partial charge in [0.2, 0.25) is 6.34 Å². The molecule has 5 aromatic rings. The summed E-state index contributed by atoms with van der Waals surface area (Å²) in [6.07, 6.45) is 5.49. The zero-order valence-corrected chi connectivity index (χ0v) is 29.4. The first kappa shape index (κ1) is 33.1. The summed E-state index contributed by atoms with van der Waals surface area (Å²) in [6, 6.07) is 39.9. The summed E-state index contributed by atoms with van der Waals surface area (Å²) < 4.78 is 2.26. The zero-order chi connectivity index (χ0) is 30.8. The van der Waals surface area contributed by atoms with Crippen molar-refractivity contribution in [1.82, 2.24) is 4.98 Å². The van der Waals surface area contributed by atoms with Crippen molar-refractivity contribution in [1.29, 1.82) is 0 Å². The van der Waals surface area contributed by atoms with Crippen LogP contribution in [0.1, 0.15) is 49.9 Å². The number of para-hydroxylation sites is 1. The van der Waals surface area contributed by atoms with Gasteiger partial charge in [-0.25, -0.2) is 6.07 Å². The fraction of sp³-hybridized carbons (Fsp3) is 0.250. The first-order chi connectivity index (χ1) is 20.5. The van der Waals surface area contributed by atoms with Crippen molar-refractivity contribution in [3.8, 4) is 22.4 Å². The van der Waals surface area contributed by atoms with Gasteiger partial charge in [0.1, 0.15) is 11.1 Å². The van der Waals surface area contributed by atoms with Crippen molar-refractivity contribution >= 4 is 17.7 Å². The average Bonchev–Trinajstić information content (AvgIpc) is 3.18. The molecule has 6 rings (SSSR count). The number of pyridine rings is 1. The van der Waals surface area contributed by atoms with Gasteiger partial charge in [-0.05, 0) is 67.2 Å². The molecule has 1 aliphatic heterocycles. The molecule has 0 saturated carbocycles. The van der Waals surface area contributed by atoms with Crippen molar-refractivity contribution < 1.29 is 24.7 Å². The number of benzene rings is 4. The molecule has 4 aromatic carbocycles. The Kier molecular flexibility index (Phi) is 10.1. The number of aryl methyl sites for hydroxylation is 4. The predicted molar refractivity (Wildman–Crippen MR) is 180 cm³/mol. The van der Waals surface area contributed by atoms with Crippen LogP contribution in [0.5, 0.6) is 0 Å². The van der Waals surface area contributed by atoms with Gasteiger partial charge in [-0.3, -0.25) is 0 Å². The first-order valence-electron chi connectivity index (χ1n) is 14.9. The third kappa shape index (κ3) is 6.34. The molecule has 0 atom stereocenters. The molecule has 0 bridgehead atoms. The van der Waals surface area contributed by atoms with Gasteiger partial charge in [0.15, 0.2) is 0 Å². The normalized spacial score (nSPS) is 14.6. The van der Waals surface area contributed by atoms with Gasteiger partial charge in [-0.15, -0.1) is 41.5 Å². The summed E-state index contributed by atoms with van der Waals surface area (Å²) in [7, 11) is 0. The van der Waals surface area contributed by atoms with Crippen LogP contribution in [0.3, 0.4) is 0 Å². The van der Waals surface area contributed by atoms with Crippen LogP contribution in [0.15, 0.2) is 103 Å². The van der Waals surface area contributed by atoms with E-state index in [9.17, 15) is 0 Å². The molecule has 224 valence electrons. The van der Waals surface area contributed by atoms with E-state index in [2.05, 4.69) is 143 Å². The maximum Gasteiger partial charge on any atom is 3.00 e. The second-order valence-electron chi connectivity index (χ2n) is 12.3. The SMILES string of the molecule is Cc1cccc(C)c1-c1c[c-]c([N+]2=[C-]N(c3c(C)cccc3C)C(C)(C)C2(C)C)cc1.[Ir+3].[c-]1ccccc1-c1ccccn1. The van der Waals surface area contributed by atoms with Crippen molar-refractivity contribution in [3.05, 3.63) is 138 Å². The molecule has 4 heteroatoms. The summed E-state index contributed by atoms with van der Waals surface area (Å²) in [5.74, 6) is 0. The van der Waals surface area contributed by atoms with E-state index in [1.54, 1.807) is 6.20 Å². The largest absolute Gasteiger partial charge is 3.00 e. The van der Waals surface area contributed by atoms with Crippen molar-refractivity contribution in [2.24, 2.45) is 0 Å². The van der Waals surface area contributed by atoms with E-state index in [4.69, 9.17) is 0 Å². The van der Waals surface area contributed by atoms with Gasteiger partial charge < -0.3 is 14.5 Å². The van der Waals surface area contributed by atoms with Gasteiger partial charge in [0.25, 0.3) is 0 Å². The van der Waals surface area contributed by atoms with Crippen molar-refractivity contribution in [3.63, 3.8) is 0 Å². The summed E-state index contributed by atoms with van der Waals surface area (Å²) in [6.45, 7) is 17.9. The molecular formula is C40H41IrN3+. The Bertz CT molecular complexity index is 1660. The molecule has 44 heavy (non-hydrogen) atoms. The number of aromatic nitrogens is 1. The predicted octanol–water partition coefficient (Wildman–Crippen LogP) is 9.56. The maximum atomic E-state index is 4.22. The molecule has 0 N–H and O–H groups in total. The van der Waals surface area contributed by atoms with E-state index in [1.807, 2.05) is 42.5 Å². The minimum Gasteiger partial charge on any atom is -0.351 e. The molecule has 0 unspecified atom stereocenters. The maximum absolute atomic E-state index is 4.22. The number of nitrogens with zero attached hydrogens (tertiary/aromatic N) is 3. The summed E-state index contributed by atoms with van der Waals surface area (Å²) in [5.41, 5.74) is 11.6. The van der Waals surface area contributed by atoms with Crippen LogP contribution in [0.25, 0.3) is 22.4 Å². The summed E-state index contributed by atoms with van der Waals surface area (Å²) in [4.78, 5) is 6.54. The smallest absolute Gasteiger partial charge is 0.351 e.